The van der Waals surface area contributed by atoms with Crippen LogP contribution in [0.15, 0.2) is 54.6 Å². The van der Waals surface area contributed by atoms with Crippen molar-refractivity contribution in [3.8, 4) is 11.1 Å². The Morgan fingerprint density at radius 3 is 2.30 bits per heavy atom. The Balaban J connectivity index is 1.58. The minimum atomic E-state index is 0.734. The molecule has 1 aliphatic heterocycles. The minimum absolute atomic E-state index is 0.734. The van der Waals surface area contributed by atoms with Crippen LogP contribution in [-0.4, -0.2) is 12.6 Å². The normalized spacial score (nSPS) is 18.9. The van der Waals surface area contributed by atoms with Crippen LogP contribution in [0.3, 0.4) is 0 Å². The molecule has 1 saturated heterocycles. The first kappa shape index (κ1) is 13.4. The molecule has 3 rings (SSSR count). The summed E-state index contributed by atoms with van der Waals surface area (Å²) >= 11 is 0. The lowest BCUT2D eigenvalue weighted by molar-refractivity contribution is 0.383. The minimum Gasteiger partial charge on any atom is -0.314 e. The topological polar surface area (TPSA) is 12.0 Å². The predicted octanol–water partition coefficient (Wildman–Crippen LogP) is 4.43. The van der Waals surface area contributed by atoms with E-state index in [1.54, 1.807) is 0 Å². The maximum Gasteiger partial charge on any atom is 0.00702 e. The third kappa shape index (κ3) is 3.49. The molecule has 104 valence electrons. The molecule has 20 heavy (non-hydrogen) atoms. The van der Waals surface area contributed by atoms with E-state index in [0.717, 1.165) is 6.04 Å². The zero-order chi connectivity index (χ0) is 13.6. The van der Waals surface area contributed by atoms with Gasteiger partial charge in [-0.25, -0.2) is 0 Å². The Bertz CT molecular complexity index is 509. The molecule has 2 aromatic carbocycles. The lowest BCUT2D eigenvalue weighted by Crippen LogP contribution is -2.34. The number of piperidine rings is 1. The Kier molecular flexibility index (Phi) is 4.49. The molecule has 2 aromatic rings. The smallest absolute Gasteiger partial charge is 0.00702 e. The van der Waals surface area contributed by atoms with E-state index in [0.29, 0.717) is 0 Å². The van der Waals surface area contributed by atoms with E-state index in [1.807, 2.05) is 0 Å². The van der Waals surface area contributed by atoms with Gasteiger partial charge in [0.2, 0.25) is 0 Å². The van der Waals surface area contributed by atoms with Crippen LogP contribution >= 0.6 is 0 Å². The zero-order valence-electron chi connectivity index (χ0n) is 12.0. The van der Waals surface area contributed by atoms with Crippen molar-refractivity contribution in [2.45, 2.75) is 38.1 Å². The summed E-state index contributed by atoms with van der Waals surface area (Å²) in [6.07, 6.45) is 6.55. The number of rotatable bonds is 4. The zero-order valence-corrected chi connectivity index (χ0v) is 12.0. The standard InChI is InChI=1S/C19H23N/c1-2-6-17(7-3-1)18-12-9-16(10-13-18)11-14-19-8-4-5-15-20-19/h1-3,6-7,9-10,12-13,19-20H,4-5,8,11,14-15H2. The highest BCUT2D eigenvalue weighted by Gasteiger charge is 2.11. The third-order valence-electron chi connectivity index (χ3n) is 4.25. The van der Waals surface area contributed by atoms with Gasteiger partial charge in [0.1, 0.15) is 0 Å². The number of benzene rings is 2. The van der Waals surface area contributed by atoms with Crippen LogP contribution in [0.4, 0.5) is 0 Å². The molecule has 1 heterocycles. The molecule has 1 aliphatic rings. The van der Waals surface area contributed by atoms with Gasteiger partial charge in [0, 0.05) is 6.04 Å². The summed E-state index contributed by atoms with van der Waals surface area (Å²) in [7, 11) is 0. The van der Waals surface area contributed by atoms with Gasteiger partial charge in [0.15, 0.2) is 0 Å². The van der Waals surface area contributed by atoms with E-state index in [4.69, 9.17) is 0 Å². The fraction of sp³-hybridized carbons (Fsp3) is 0.368. The monoisotopic (exact) mass is 265 g/mol. The van der Waals surface area contributed by atoms with E-state index in [2.05, 4.69) is 59.9 Å². The van der Waals surface area contributed by atoms with Crippen LogP contribution in [0.2, 0.25) is 0 Å². The second kappa shape index (κ2) is 6.71. The van der Waals surface area contributed by atoms with E-state index in [-0.39, 0.29) is 0 Å². The van der Waals surface area contributed by atoms with Crippen LogP contribution in [0.5, 0.6) is 0 Å². The van der Waals surface area contributed by atoms with Crippen molar-refractivity contribution in [1.29, 1.82) is 0 Å². The van der Waals surface area contributed by atoms with Crippen molar-refractivity contribution in [2.75, 3.05) is 6.54 Å². The lowest BCUT2D eigenvalue weighted by Gasteiger charge is -2.23. The second-order valence-corrected chi connectivity index (χ2v) is 5.75. The first-order chi connectivity index (χ1) is 9.92. The Labute approximate surface area is 122 Å². The number of hydrogen-bond donors (Lipinski definition) is 1. The van der Waals surface area contributed by atoms with Gasteiger partial charge in [0.05, 0.1) is 0 Å². The molecule has 1 nitrogen and oxygen atoms in total. The van der Waals surface area contributed by atoms with Crippen molar-refractivity contribution in [3.63, 3.8) is 0 Å². The average molecular weight is 265 g/mol. The van der Waals surface area contributed by atoms with Crippen molar-refractivity contribution < 1.29 is 0 Å². The number of hydrogen-bond acceptors (Lipinski definition) is 1. The van der Waals surface area contributed by atoms with E-state index < -0.39 is 0 Å². The van der Waals surface area contributed by atoms with Gasteiger partial charge < -0.3 is 5.32 Å². The fourth-order valence-electron chi connectivity index (χ4n) is 3.01. The summed E-state index contributed by atoms with van der Waals surface area (Å²) in [5, 5.41) is 3.63. The highest BCUT2D eigenvalue weighted by atomic mass is 14.9. The Morgan fingerprint density at radius 2 is 1.60 bits per heavy atom. The van der Waals surface area contributed by atoms with E-state index in [1.165, 1.54) is 55.3 Å². The molecule has 0 saturated carbocycles. The molecule has 0 bridgehead atoms. The molecular formula is C19H23N. The number of aryl methyl sites for hydroxylation is 1. The molecule has 0 spiro atoms. The van der Waals surface area contributed by atoms with Crippen LogP contribution in [0.25, 0.3) is 11.1 Å². The van der Waals surface area contributed by atoms with Gasteiger partial charge in [-0.1, -0.05) is 61.0 Å². The molecular weight excluding hydrogens is 242 g/mol. The highest BCUT2D eigenvalue weighted by molar-refractivity contribution is 5.63. The maximum atomic E-state index is 3.63. The van der Waals surface area contributed by atoms with E-state index >= 15 is 0 Å². The van der Waals surface area contributed by atoms with Crippen LogP contribution in [-0.2, 0) is 6.42 Å². The van der Waals surface area contributed by atoms with Gasteiger partial charge in [-0.3, -0.25) is 0 Å². The molecule has 0 amide bonds. The van der Waals surface area contributed by atoms with Crippen LogP contribution < -0.4 is 5.32 Å². The fourth-order valence-corrected chi connectivity index (χ4v) is 3.01. The first-order valence-electron chi connectivity index (χ1n) is 7.79. The van der Waals surface area contributed by atoms with Crippen LogP contribution in [0.1, 0.15) is 31.2 Å². The molecule has 1 N–H and O–H groups in total. The van der Waals surface area contributed by atoms with Gasteiger partial charge >= 0.3 is 0 Å². The highest BCUT2D eigenvalue weighted by Crippen LogP contribution is 2.20. The van der Waals surface area contributed by atoms with Crippen LogP contribution in [0, 0.1) is 0 Å². The maximum absolute atomic E-state index is 3.63. The average Bonchev–Trinajstić information content (AvgIpc) is 2.55. The summed E-state index contributed by atoms with van der Waals surface area (Å²) in [6.45, 7) is 1.21. The van der Waals surface area contributed by atoms with Gasteiger partial charge in [-0.05, 0) is 48.9 Å². The predicted molar refractivity (Wildman–Crippen MR) is 85.8 cm³/mol. The quantitative estimate of drug-likeness (QED) is 0.862. The summed E-state index contributed by atoms with van der Waals surface area (Å²) in [5.74, 6) is 0. The van der Waals surface area contributed by atoms with E-state index in [9.17, 15) is 0 Å². The largest absolute Gasteiger partial charge is 0.314 e. The SMILES string of the molecule is c1ccc(-c2ccc(CCC3CCCCN3)cc2)cc1. The summed E-state index contributed by atoms with van der Waals surface area (Å²) < 4.78 is 0. The Hall–Kier alpha value is -1.60. The van der Waals surface area contributed by atoms with Gasteiger partial charge in [0.25, 0.3) is 0 Å². The van der Waals surface area contributed by atoms with Crippen molar-refractivity contribution in [3.05, 3.63) is 60.2 Å². The third-order valence-corrected chi connectivity index (χ3v) is 4.25. The molecule has 1 unspecified atom stereocenters. The molecule has 0 aromatic heterocycles. The molecule has 1 heteroatoms. The summed E-state index contributed by atoms with van der Waals surface area (Å²) in [5.41, 5.74) is 4.06. The Morgan fingerprint density at radius 1 is 0.850 bits per heavy atom. The lowest BCUT2D eigenvalue weighted by atomic mass is 9.97. The van der Waals surface area contributed by atoms with Crippen molar-refractivity contribution in [2.24, 2.45) is 0 Å². The first-order valence-corrected chi connectivity index (χ1v) is 7.79. The van der Waals surface area contributed by atoms with Gasteiger partial charge in [-0.15, -0.1) is 0 Å². The molecule has 1 fully saturated rings. The van der Waals surface area contributed by atoms with Crippen molar-refractivity contribution >= 4 is 0 Å². The van der Waals surface area contributed by atoms with Gasteiger partial charge in [-0.2, -0.15) is 0 Å². The summed E-state index contributed by atoms with van der Waals surface area (Å²) in [4.78, 5) is 0. The molecule has 1 atom stereocenters. The molecule has 0 aliphatic carbocycles. The number of nitrogens with one attached hydrogen (secondary N) is 1. The summed E-state index contributed by atoms with van der Waals surface area (Å²) in [6, 6.07) is 20.4. The van der Waals surface area contributed by atoms with Crippen molar-refractivity contribution in [1.82, 2.24) is 5.32 Å². The second-order valence-electron chi connectivity index (χ2n) is 5.75. The molecule has 0 radical (unpaired) electrons.